The second kappa shape index (κ2) is 8.77. The first-order valence-electron chi connectivity index (χ1n) is 11.6. The third kappa shape index (κ3) is 3.88. The predicted octanol–water partition coefficient (Wildman–Crippen LogP) is 4.52. The highest BCUT2D eigenvalue weighted by Crippen LogP contribution is 2.47. The number of anilines is 2. The summed E-state index contributed by atoms with van der Waals surface area (Å²) in [5.41, 5.74) is 9.68. The summed E-state index contributed by atoms with van der Waals surface area (Å²) >= 11 is 1.05. The summed E-state index contributed by atoms with van der Waals surface area (Å²) in [7, 11) is 0. The van der Waals surface area contributed by atoms with E-state index < -0.39 is 11.2 Å². The normalized spacial score (nSPS) is 17.2. The minimum atomic E-state index is -0.761. The highest BCUT2D eigenvalue weighted by atomic mass is 32.2. The number of hydrogen-bond donors (Lipinski definition) is 1. The van der Waals surface area contributed by atoms with Crippen LogP contribution in [0.1, 0.15) is 41.9 Å². The average Bonchev–Trinajstić information content (AvgIpc) is 3.59. The molecular weight excluding hydrogens is 488 g/mol. The number of oxazole rings is 1. The van der Waals surface area contributed by atoms with Gasteiger partial charge in [0.25, 0.3) is 0 Å². The van der Waals surface area contributed by atoms with Gasteiger partial charge in [-0.3, -0.25) is 9.59 Å². The molecule has 10 heteroatoms. The number of carbonyl (C=O) groups excluding carboxylic acids is 2. The Bertz CT molecular complexity index is 1640. The number of nitrogens with two attached hydrogens (primary N) is 1. The van der Waals surface area contributed by atoms with Crippen LogP contribution in [0, 0.1) is 22.7 Å². The lowest BCUT2D eigenvalue weighted by atomic mass is 10.0. The third-order valence-electron chi connectivity index (χ3n) is 6.47. The highest BCUT2D eigenvalue weighted by Gasteiger charge is 2.42. The summed E-state index contributed by atoms with van der Waals surface area (Å²) < 4.78 is 5.80. The Morgan fingerprint density at radius 3 is 2.41 bits per heavy atom. The Kier molecular flexibility index (Phi) is 5.40. The fourth-order valence-corrected chi connectivity index (χ4v) is 5.67. The minimum absolute atomic E-state index is 0.0364. The number of pyridine rings is 1. The van der Waals surface area contributed by atoms with Crippen molar-refractivity contribution < 1.29 is 14.0 Å². The zero-order valence-electron chi connectivity index (χ0n) is 19.3. The lowest BCUT2D eigenvalue weighted by molar-refractivity contribution is -0.121. The van der Waals surface area contributed by atoms with E-state index in [1.54, 1.807) is 24.3 Å². The van der Waals surface area contributed by atoms with Gasteiger partial charge in [-0.1, -0.05) is 23.9 Å². The fourth-order valence-electron chi connectivity index (χ4n) is 4.54. The van der Waals surface area contributed by atoms with Gasteiger partial charge in [-0.15, -0.1) is 0 Å². The van der Waals surface area contributed by atoms with Crippen LogP contribution in [0.4, 0.5) is 11.5 Å². The lowest BCUT2D eigenvalue weighted by Crippen LogP contribution is -2.31. The van der Waals surface area contributed by atoms with Gasteiger partial charge in [0.15, 0.2) is 5.58 Å². The summed E-state index contributed by atoms with van der Waals surface area (Å²) in [6.07, 6.45) is 1.69. The molecule has 180 valence electrons. The summed E-state index contributed by atoms with van der Waals surface area (Å²) in [5, 5.41) is 18.9. The van der Waals surface area contributed by atoms with Gasteiger partial charge in [0.1, 0.15) is 28.5 Å². The molecule has 2 N–H and O–H groups in total. The Morgan fingerprint density at radius 2 is 1.73 bits per heavy atom. The van der Waals surface area contributed by atoms with E-state index in [0.717, 1.165) is 35.0 Å². The zero-order chi connectivity index (χ0) is 25.7. The second-order valence-electron chi connectivity index (χ2n) is 8.88. The number of aromatic nitrogens is 2. The summed E-state index contributed by atoms with van der Waals surface area (Å²) in [4.78, 5) is 36.1. The molecule has 2 aliphatic rings. The SMILES string of the molecule is N#Cc1c(N)nc(S[C@@H]2CC(=O)N(c3ccc(-c4nc5ccccc5o4)cc3)C2=O)c(C#N)c1C1CC1. The number of para-hydroxylation sites is 2. The molecule has 0 bridgehead atoms. The molecular formula is C27H18N6O3S. The first-order valence-corrected chi connectivity index (χ1v) is 12.5. The molecule has 0 radical (unpaired) electrons. The topological polar surface area (TPSA) is 150 Å². The van der Waals surface area contributed by atoms with E-state index in [4.69, 9.17) is 10.2 Å². The van der Waals surface area contributed by atoms with E-state index in [-0.39, 0.29) is 40.2 Å². The molecule has 1 saturated carbocycles. The van der Waals surface area contributed by atoms with Crippen LogP contribution in [0.25, 0.3) is 22.6 Å². The number of thioether (sulfide) groups is 1. The first-order chi connectivity index (χ1) is 18.0. The standard InChI is InChI=1S/C27H18N6O3S/c28-12-17-23(14-5-6-14)18(13-29)26(32-24(17)30)37-21-11-22(34)33(27(21)35)16-9-7-15(8-10-16)25-31-19-3-1-2-4-20(19)36-25/h1-4,7-10,14,21H,5-6,11H2,(H2,30,32)/t21-/m1/s1. The molecule has 0 unspecified atom stereocenters. The molecule has 2 fully saturated rings. The number of amides is 2. The van der Waals surface area contributed by atoms with E-state index >= 15 is 0 Å². The minimum Gasteiger partial charge on any atom is -0.436 e. The van der Waals surface area contributed by atoms with Crippen molar-refractivity contribution in [3.63, 3.8) is 0 Å². The molecule has 4 aromatic rings. The number of nitriles is 2. The Balaban J connectivity index is 1.26. The van der Waals surface area contributed by atoms with Crippen molar-refractivity contribution in [1.82, 2.24) is 9.97 Å². The third-order valence-corrected chi connectivity index (χ3v) is 7.64. The van der Waals surface area contributed by atoms with Crippen LogP contribution in [-0.2, 0) is 9.59 Å². The number of fused-ring (bicyclic) bond motifs is 1. The van der Waals surface area contributed by atoms with Gasteiger partial charge >= 0.3 is 0 Å². The number of carbonyl (C=O) groups is 2. The molecule has 1 saturated heterocycles. The number of benzene rings is 2. The first kappa shape index (κ1) is 22.8. The number of hydrogen-bond acceptors (Lipinski definition) is 9. The second-order valence-corrected chi connectivity index (χ2v) is 10.1. The monoisotopic (exact) mass is 506 g/mol. The summed E-state index contributed by atoms with van der Waals surface area (Å²) in [6, 6.07) is 18.5. The van der Waals surface area contributed by atoms with Crippen LogP contribution in [0.15, 0.2) is 58.0 Å². The van der Waals surface area contributed by atoms with Crippen molar-refractivity contribution in [3.05, 3.63) is 65.2 Å². The zero-order valence-corrected chi connectivity index (χ0v) is 20.2. The van der Waals surface area contributed by atoms with E-state index in [2.05, 4.69) is 22.1 Å². The summed E-state index contributed by atoms with van der Waals surface area (Å²) in [5.74, 6) is -0.175. The van der Waals surface area contributed by atoms with Crippen molar-refractivity contribution in [3.8, 4) is 23.6 Å². The van der Waals surface area contributed by atoms with Gasteiger partial charge in [0.2, 0.25) is 17.7 Å². The van der Waals surface area contributed by atoms with E-state index in [1.807, 2.05) is 24.3 Å². The van der Waals surface area contributed by atoms with Gasteiger partial charge in [-0.25, -0.2) is 14.9 Å². The Hall–Kier alpha value is -4.67. The van der Waals surface area contributed by atoms with Crippen molar-refractivity contribution in [2.24, 2.45) is 0 Å². The number of nitrogen functional groups attached to an aromatic ring is 1. The van der Waals surface area contributed by atoms with Gasteiger partial charge in [0.05, 0.1) is 22.1 Å². The molecule has 9 nitrogen and oxygen atoms in total. The molecule has 1 aliphatic heterocycles. The molecule has 1 aliphatic carbocycles. The number of rotatable bonds is 5. The molecule has 37 heavy (non-hydrogen) atoms. The summed E-state index contributed by atoms with van der Waals surface area (Å²) in [6.45, 7) is 0. The Morgan fingerprint density at radius 1 is 1.00 bits per heavy atom. The van der Waals surface area contributed by atoms with E-state index in [1.165, 1.54) is 0 Å². The number of nitrogens with zero attached hydrogens (tertiary/aromatic N) is 5. The predicted molar refractivity (Wildman–Crippen MR) is 136 cm³/mol. The van der Waals surface area contributed by atoms with Crippen molar-refractivity contribution >= 4 is 46.2 Å². The molecule has 3 heterocycles. The smallest absolute Gasteiger partial charge is 0.247 e. The Labute approximate surface area is 215 Å². The van der Waals surface area contributed by atoms with Crippen molar-refractivity contribution in [2.75, 3.05) is 10.6 Å². The van der Waals surface area contributed by atoms with Crippen molar-refractivity contribution in [2.45, 2.75) is 35.5 Å². The quantitative estimate of drug-likeness (QED) is 0.385. The van der Waals surface area contributed by atoms with Gasteiger partial charge in [0, 0.05) is 12.0 Å². The van der Waals surface area contributed by atoms with E-state index in [9.17, 15) is 20.1 Å². The van der Waals surface area contributed by atoms with Gasteiger partial charge < -0.3 is 10.2 Å². The highest BCUT2D eigenvalue weighted by molar-refractivity contribution is 8.00. The van der Waals surface area contributed by atoms with Crippen LogP contribution >= 0.6 is 11.8 Å². The van der Waals surface area contributed by atoms with Crippen LogP contribution in [0.3, 0.4) is 0 Å². The van der Waals surface area contributed by atoms with E-state index in [0.29, 0.717) is 28.3 Å². The molecule has 2 aromatic heterocycles. The molecule has 1 atom stereocenters. The fraction of sp³-hybridized carbons (Fsp3) is 0.185. The lowest BCUT2D eigenvalue weighted by Gasteiger charge is -2.16. The maximum Gasteiger partial charge on any atom is 0.247 e. The van der Waals surface area contributed by atoms with Crippen LogP contribution < -0.4 is 10.6 Å². The van der Waals surface area contributed by atoms with Crippen molar-refractivity contribution in [1.29, 1.82) is 10.5 Å². The average molecular weight is 507 g/mol. The number of imide groups is 1. The molecule has 0 spiro atoms. The van der Waals surface area contributed by atoms with Gasteiger partial charge in [-0.05, 0) is 60.7 Å². The molecule has 2 amide bonds. The largest absolute Gasteiger partial charge is 0.436 e. The maximum absolute atomic E-state index is 13.3. The maximum atomic E-state index is 13.3. The van der Waals surface area contributed by atoms with Crippen LogP contribution in [0.2, 0.25) is 0 Å². The molecule has 6 rings (SSSR count). The van der Waals surface area contributed by atoms with Crippen LogP contribution in [-0.4, -0.2) is 27.0 Å². The van der Waals surface area contributed by atoms with Crippen LogP contribution in [0.5, 0.6) is 0 Å². The molecule has 2 aromatic carbocycles. The van der Waals surface area contributed by atoms with Gasteiger partial charge in [-0.2, -0.15) is 10.5 Å².